The van der Waals surface area contributed by atoms with Gasteiger partial charge in [0, 0.05) is 12.0 Å². The number of hydrogen-bond donors (Lipinski definition) is 4. The number of nitrogens with two attached hydrogens (primary N) is 1. The Balaban J connectivity index is 1.77. The maximum Gasteiger partial charge on any atom is 0.255 e. The van der Waals surface area contributed by atoms with E-state index in [4.69, 9.17) is 5.73 Å². The molecule has 3 aliphatic carbocycles. The zero-order valence-electron chi connectivity index (χ0n) is 17.5. The SMILES string of the molecule is CCCCCc1ccc(O)c2c1C[C@H]1C[C@H]3CC(O)=C(C(N)=O)C(=O)C3C(O)=C1C2=O. The van der Waals surface area contributed by atoms with Gasteiger partial charge in [-0.25, -0.2) is 0 Å². The molecule has 0 spiro atoms. The molecule has 0 aliphatic heterocycles. The molecule has 31 heavy (non-hydrogen) atoms. The minimum atomic E-state index is -1.08. The van der Waals surface area contributed by atoms with Gasteiger partial charge in [0.25, 0.3) is 5.91 Å². The molecule has 0 aromatic heterocycles. The van der Waals surface area contributed by atoms with Crippen molar-refractivity contribution in [2.75, 3.05) is 0 Å². The van der Waals surface area contributed by atoms with Gasteiger partial charge in [0.1, 0.15) is 22.8 Å². The Bertz CT molecular complexity index is 1050. The number of aromatic hydroxyl groups is 1. The van der Waals surface area contributed by atoms with Crippen LogP contribution in [0.15, 0.2) is 34.8 Å². The number of phenolic OH excluding ortho intramolecular Hbond substituents is 1. The minimum Gasteiger partial charge on any atom is -0.511 e. The molecule has 164 valence electrons. The third kappa shape index (κ3) is 3.32. The number of carbonyl (C=O) groups excluding carboxylic acids is 3. The maximum absolute atomic E-state index is 13.4. The van der Waals surface area contributed by atoms with Gasteiger partial charge in [-0.3, -0.25) is 14.4 Å². The number of phenols is 1. The smallest absolute Gasteiger partial charge is 0.255 e. The third-order valence-corrected chi connectivity index (χ3v) is 6.92. The van der Waals surface area contributed by atoms with Crippen molar-refractivity contribution in [2.45, 2.75) is 51.9 Å². The number of benzene rings is 1. The van der Waals surface area contributed by atoms with Crippen molar-refractivity contribution in [3.63, 3.8) is 0 Å². The van der Waals surface area contributed by atoms with Crippen LogP contribution in [0.2, 0.25) is 0 Å². The first-order valence-corrected chi connectivity index (χ1v) is 10.8. The summed E-state index contributed by atoms with van der Waals surface area (Å²) in [5.41, 5.74) is 6.90. The van der Waals surface area contributed by atoms with Crippen LogP contribution in [0.5, 0.6) is 5.75 Å². The number of carbonyl (C=O) groups is 3. The van der Waals surface area contributed by atoms with Crippen molar-refractivity contribution >= 4 is 17.5 Å². The zero-order chi connectivity index (χ0) is 22.4. The summed E-state index contributed by atoms with van der Waals surface area (Å²) in [5.74, 6) is -4.92. The molecule has 0 saturated heterocycles. The van der Waals surface area contributed by atoms with Gasteiger partial charge >= 0.3 is 0 Å². The predicted octanol–water partition coefficient (Wildman–Crippen LogP) is 3.20. The van der Waals surface area contributed by atoms with Crippen LogP contribution in [0.4, 0.5) is 0 Å². The fourth-order valence-electron chi connectivity index (χ4n) is 5.50. The van der Waals surface area contributed by atoms with Gasteiger partial charge in [-0.1, -0.05) is 25.8 Å². The average Bonchev–Trinajstić information content (AvgIpc) is 2.68. The van der Waals surface area contributed by atoms with E-state index >= 15 is 0 Å². The maximum atomic E-state index is 13.4. The fourth-order valence-corrected chi connectivity index (χ4v) is 5.50. The van der Waals surface area contributed by atoms with Gasteiger partial charge in [-0.05, 0) is 54.7 Å². The lowest BCUT2D eigenvalue weighted by Crippen LogP contribution is -2.43. The normalized spacial score (nSPS) is 25.3. The lowest BCUT2D eigenvalue weighted by atomic mass is 9.62. The standard InChI is InChI=1S/C24H27NO6/c1-2-3-4-5-11-6-7-15(26)19-14(11)9-12-8-13-10-16(27)20(24(25)31)23(30)18(13)21(28)17(12)22(19)29/h6-7,12-13,18,26-28H,2-5,8-10H2,1H3,(H2,25,31)/t12-,13+,18?/m1/s1. The first kappa shape index (κ1) is 21.2. The van der Waals surface area contributed by atoms with Crippen molar-refractivity contribution in [2.24, 2.45) is 23.5 Å². The van der Waals surface area contributed by atoms with E-state index in [1.54, 1.807) is 0 Å². The van der Waals surface area contributed by atoms with Crippen LogP contribution < -0.4 is 5.73 Å². The third-order valence-electron chi connectivity index (χ3n) is 6.92. The summed E-state index contributed by atoms with van der Waals surface area (Å²) in [6.45, 7) is 2.12. The molecule has 1 amide bonds. The van der Waals surface area contributed by atoms with E-state index in [1.165, 1.54) is 6.07 Å². The molecular formula is C24H27NO6. The summed E-state index contributed by atoms with van der Waals surface area (Å²) in [4.78, 5) is 37.9. The Kier molecular flexibility index (Phi) is 5.37. The lowest BCUT2D eigenvalue weighted by molar-refractivity contribution is -0.126. The van der Waals surface area contributed by atoms with E-state index in [-0.39, 0.29) is 40.7 Å². The molecule has 7 heteroatoms. The fraction of sp³-hybridized carbons (Fsp3) is 0.458. The Morgan fingerprint density at radius 2 is 1.87 bits per heavy atom. The van der Waals surface area contributed by atoms with E-state index in [2.05, 4.69) is 6.92 Å². The number of unbranched alkanes of at least 4 members (excludes halogenated alkanes) is 2. The predicted molar refractivity (Wildman–Crippen MR) is 113 cm³/mol. The molecule has 0 saturated carbocycles. The largest absolute Gasteiger partial charge is 0.511 e. The molecule has 7 nitrogen and oxygen atoms in total. The van der Waals surface area contributed by atoms with Crippen LogP contribution in [0.3, 0.4) is 0 Å². The zero-order valence-corrected chi connectivity index (χ0v) is 17.5. The number of fused-ring (bicyclic) bond motifs is 3. The second kappa shape index (κ2) is 7.87. The molecule has 0 fully saturated rings. The van der Waals surface area contributed by atoms with Crippen molar-refractivity contribution in [1.82, 2.24) is 0 Å². The number of hydrogen-bond acceptors (Lipinski definition) is 6. The molecule has 0 bridgehead atoms. The van der Waals surface area contributed by atoms with E-state index in [0.717, 1.165) is 36.8 Å². The molecule has 0 radical (unpaired) electrons. The molecule has 4 rings (SSSR count). The Morgan fingerprint density at radius 3 is 2.55 bits per heavy atom. The van der Waals surface area contributed by atoms with Crippen molar-refractivity contribution < 1.29 is 29.7 Å². The number of primary amides is 1. The molecule has 1 aromatic rings. The monoisotopic (exact) mass is 425 g/mol. The summed E-state index contributed by atoms with van der Waals surface area (Å²) in [5, 5.41) is 31.6. The average molecular weight is 425 g/mol. The summed E-state index contributed by atoms with van der Waals surface area (Å²) in [7, 11) is 0. The highest BCUT2D eigenvalue weighted by molar-refractivity contribution is 6.22. The number of ketones is 2. The van der Waals surface area contributed by atoms with Crippen LogP contribution >= 0.6 is 0 Å². The molecule has 1 unspecified atom stereocenters. The van der Waals surface area contributed by atoms with Gasteiger partial charge in [0.15, 0.2) is 11.6 Å². The molecule has 1 aromatic carbocycles. The number of aryl methyl sites for hydroxylation is 1. The molecule has 0 heterocycles. The van der Waals surface area contributed by atoms with E-state index < -0.39 is 34.9 Å². The molecule has 5 N–H and O–H groups in total. The summed E-state index contributed by atoms with van der Waals surface area (Å²) < 4.78 is 0. The van der Waals surface area contributed by atoms with Gasteiger partial charge in [0.2, 0.25) is 0 Å². The number of Topliss-reactive ketones (excluding diaryl/α,β-unsaturated/α-hetero) is 2. The first-order valence-electron chi connectivity index (χ1n) is 10.8. The van der Waals surface area contributed by atoms with Crippen LogP contribution in [-0.2, 0) is 22.4 Å². The second-order valence-electron chi connectivity index (χ2n) is 8.81. The summed E-state index contributed by atoms with van der Waals surface area (Å²) >= 11 is 0. The molecular weight excluding hydrogens is 398 g/mol. The lowest BCUT2D eigenvalue weighted by Gasteiger charge is -2.41. The minimum absolute atomic E-state index is 0.0486. The van der Waals surface area contributed by atoms with E-state index in [9.17, 15) is 29.7 Å². The van der Waals surface area contributed by atoms with Crippen LogP contribution in [0.1, 0.15) is 60.5 Å². The topological polar surface area (TPSA) is 138 Å². The van der Waals surface area contributed by atoms with Gasteiger partial charge < -0.3 is 21.1 Å². The van der Waals surface area contributed by atoms with Crippen molar-refractivity contribution in [3.05, 3.63) is 51.5 Å². The first-order chi connectivity index (χ1) is 14.8. The van der Waals surface area contributed by atoms with E-state index in [0.29, 0.717) is 12.8 Å². The Labute approximate surface area is 180 Å². The van der Waals surface area contributed by atoms with Gasteiger partial charge in [-0.15, -0.1) is 0 Å². The molecule has 3 aliphatic rings. The van der Waals surface area contributed by atoms with Crippen LogP contribution in [0, 0.1) is 17.8 Å². The van der Waals surface area contributed by atoms with Gasteiger partial charge in [-0.2, -0.15) is 0 Å². The number of allylic oxidation sites excluding steroid dienone is 3. The summed E-state index contributed by atoms with van der Waals surface area (Å²) in [6.07, 6.45) is 4.86. The van der Waals surface area contributed by atoms with Crippen LogP contribution in [0.25, 0.3) is 0 Å². The number of amides is 1. The highest BCUT2D eigenvalue weighted by Crippen LogP contribution is 2.49. The highest BCUT2D eigenvalue weighted by Gasteiger charge is 2.50. The number of aliphatic hydroxyl groups is 2. The molecule has 3 atom stereocenters. The Hall–Kier alpha value is -3.09. The second-order valence-corrected chi connectivity index (χ2v) is 8.81. The number of aliphatic hydroxyl groups excluding tert-OH is 2. The Morgan fingerprint density at radius 1 is 1.13 bits per heavy atom. The van der Waals surface area contributed by atoms with Crippen LogP contribution in [-0.4, -0.2) is 32.8 Å². The summed E-state index contributed by atoms with van der Waals surface area (Å²) in [6, 6.07) is 3.37. The van der Waals surface area contributed by atoms with Crippen molar-refractivity contribution in [1.29, 1.82) is 0 Å². The highest BCUT2D eigenvalue weighted by atomic mass is 16.3. The quantitative estimate of drug-likeness (QED) is 0.422. The van der Waals surface area contributed by atoms with Crippen molar-refractivity contribution in [3.8, 4) is 5.75 Å². The van der Waals surface area contributed by atoms with Gasteiger partial charge in [0.05, 0.1) is 11.5 Å². The van der Waals surface area contributed by atoms with E-state index in [1.807, 2.05) is 6.07 Å². The number of rotatable bonds is 5.